The van der Waals surface area contributed by atoms with Gasteiger partial charge in [0.05, 0.1) is 6.42 Å². The van der Waals surface area contributed by atoms with E-state index in [1.807, 2.05) is 35.4 Å². The van der Waals surface area contributed by atoms with Crippen LogP contribution in [0.3, 0.4) is 0 Å². The van der Waals surface area contributed by atoms with E-state index in [-0.39, 0.29) is 13.2 Å². The third-order valence-electron chi connectivity index (χ3n) is 5.22. The lowest BCUT2D eigenvalue weighted by Crippen LogP contribution is -2.40. The molecule has 1 fully saturated rings. The van der Waals surface area contributed by atoms with E-state index >= 15 is 0 Å². The average Bonchev–Trinajstić information content (AvgIpc) is 3.14. The third kappa shape index (κ3) is 6.39. The molecule has 0 spiro atoms. The number of aliphatic hydroxyl groups is 1. The Labute approximate surface area is 162 Å². The van der Waals surface area contributed by atoms with Crippen molar-refractivity contribution in [2.45, 2.75) is 31.5 Å². The smallest absolute Gasteiger partial charge is 0.390 e. The Balaban J connectivity index is 1.30. The Morgan fingerprint density at radius 3 is 2.79 bits per heavy atom. The SMILES string of the molecule is O[C@@H](CNCC1CCN(CCC(F)(F)F)CC1)COc1cccc2[nH]ccc12. The summed E-state index contributed by atoms with van der Waals surface area (Å²) in [6, 6.07) is 7.69. The van der Waals surface area contributed by atoms with E-state index in [9.17, 15) is 18.3 Å². The molecular weight excluding hydrogens is 371 g/mol. The number of hydrogen-bond acceptors (Lipinski definition) is 4. The number of aliphatic hydroxyl groups excluding tert-OH is 1. The second-order valence-electron chi connectivity index (χ2n) is 7.47. The van der Waals surface area contributed by atoms with Crippen LogP contribution < -0.4 is 10.1 Å². The topological polar surface area (TPSA) is 60.5 Å². The summed E-state index contributed by atoms with van der Waals surface area (Å²) in [6.45, 7) is 2.89. The molecule has 3 N–H and O–H groups in total. The number of hydrogen-bond donors (Lipinski definition) is 3. The van der Waals surface area contributed by atoms with Gasteiger partial charge in [-0.15, -0.1) is 0 Å². The van der Waals surface area contributed by atoms with E-state index in [1.54, 1.807) is 0 Å². The van der Waals surface area contributed by atoms with E-state index in [2.05, 4.69) is 10.3 Å². The fourth-order valence-corrected chi connectivity index (χ4v) is 3.58. The number of alkyl halides is 3. The number of piperidine rings is 1. The molecule has 1 saturated heterocycles. The predicted octanol–water partition coefficient (Wildman–Crippen LogP) is 3.16. The molecule has 8 heteroatoms. The highest BCUT2D eigenvalue weighted by Gasteiger charge is 2.29. The lowest BCUT2D eigenvalue weighted by Gasteiger charge is -2.32. The fraction of sp³-hybridized carbons (Fsp3) is 0.600. The van der Waals surface area contributed by atoms with Crippen LogP contribution in [0.15, 0.2) is 30.5 Å². The average molecular weight is 399 g/mol. The maximum Gasteiger partial charge on any atom is 0.390 e. The van der Waals surface area contributed by atoms with Crippen molar-refractivity contribution >= 4 is 10.9 Å². The highest BCUT2D eigenvalue weighted by Crippen LogP contribution is 2.25. The Morgan fingerprint density at radius 2 is 2.04 bits per heavy atom. The minimum absolute atomic E-state index is 0.0909. The molecule has 5 nitrogen and oxygen atoms in total. The Morgan fingerprint density at radius 1 is 1.25 bits per heavy atom. The van der Waals surface area contributed by atoms with Crippen molar-refractivity contribution in [2.75, 3.05) is 39.3 Å². The highest BCUT2D eigenvalue weighted by atomic mass is 19.4. The first-order chi connectivity index (χ1) is 13.4. The Bertz CT molecular complexity index is 727. The van der Waals surface area contributed by atoms with Gasteiger partial charge < -0.3 is 25.0 Å². The van der Waals surface area contributed by atoms with Gasteiger partial charge in [0.15, 0.2) is 0 Å². The summed E-state index contributed by atoms with van der Waals surface area (Å²) in [4.78, 5) is 5.01. The van der Waals surface area contributed by atoms with Gasteiger partial charge >= 0.3 is 6.18 Å². The quantitative estimate of drug-likeness (QED) is 0.606. The second-order valence-corrected chi connectivity index (χ2v) is 7.47. The molecule has 156 valence electrons. The standard InChI is InChI=1S/C20H28F3N3O2/c21-20(22,23)7-11-26-9-5-15(6-10-26)12-24-13-16(27)14-28-19-3-1-2-18-17(19)4-8-25-18/h1-4,8,15-16,24-25,27H,5-7,9-14H2/t16-/m0/s1. The number of halogens is 3. The number of ether oxygens (including phenoxy) is 1. The molecular formula is C20H28F3N3O2. The normalized spacial score (nSPS) is 17.9. The van der Waals surface area contributed by atoms with Crippen LogP contribution in [0.5, 0.6) is 5.75 Å². The minimum Gasteiger partial charge on any atom is -0.490 e. The predicted molar refractivity (Wildman–Crippen MR) is 103 cm³/mol. The number of aromatic nitrogens is 1. The van der Waals surface area contributed by atoms with Gasteiger partial charge in [0.2, 0.25) is 0 Å². The van der Waals surface area contributed by atoms with Crippen LogP contribution in [-0.4, -0.2) is 66.6 Å². The molecule has 0 saturated carbocycles. The van der Waals surface area contributed by atoms with Crippen molar-refractivity contribution in [3.63, 3.8) is 0 Å². The van der Waals surface area contributed by atoms with Crippen molar-refractivity contribution in [2.24, 2.45) is 5.92 Å². The molecule has 0 unspecified atom stereocenters. The zero-order chi connectivity index (χ0) is 20.0. The van der Waals surface area contributed by atoms with Crippen LogP contribution in [0.2, 0.25) is 0 Å². The monoisotopic (exact) mass is 399 g/mol. The summed E-state index contributed by atoms with van der Waals surface area (Å²) in [5.41, 5.74) is 0.992. The molecule has 0 bridgehead atoms. The summed E-state index contributed by atoms with van der Waals surface area (Å²) in [5, 5.41) is 14.4. The van der Waals surface area contributed by atoms with Crippen LogP contribution >= 0.6 is 0 Å². The summed E-state index contributed by atoms with van der Waals surface area (Å²) >= 11 is 0. The van der Waals surface area contributed by atoms with E-state index in [1.165, 1.54) is 0 Å². The first-order valence-corrected chi connectivity index (χ1v) is 9.77. The van der Waals surface area contributed by atoms with E-state index in [0.717, 1.165) is 36.0 Å². The number of rotatable bonds is 9. The van der Waals surface area contributed by atoms with Crippen LogP contribution in [0.25, 0.3) is 10.9 Å². The van der Waals surface area contributed by atoms with Crippen molar-refractivity contribution in [1.82, 2.24) is 15.2 Å². The summed E-state index contributed by atoms with van der Waals surface area (Å²) in [7, 11) is 0. The molecule has 1 atom stereocenters. The fourth-order valence-electron chi connectivity index (χ4n) is 3.58. The Hall–Kier alpha value is -1.77. The summed E-state index contributed by atoms with van der Waals surface area (Å²) in [5.74, 6) is 1.17. The number of aromatic amines is 1. The molecule has 1 aromatic carbocycles. The molecule has 0 radical (unpaired) electrons. The number of fused-ring (bicyclic) bond motifs is 1. The first-order valence-electron chi connectivity index (χ1n) is 9.77. The zero-order valence-electron chi connectivity index (χ0n) is 15.8. The van der Waals surface area contributed by atoms with Gasteiger partial charge in [-0.05, 0) is 56.6 Å². The summed E-state index contributed by atoms with van der Waals surface area (Å²) < 4.78 is 42.6. The molecule has 3 rings (SSSR count). The molecule has 2 heterocycles. The number of H-pyrrole nitrogens is 1. The van der Waals surface area contributed by atoms with E-state index in [4.69, 9.17) is 4.74 Å². The molecule has 2 aromatic rings. The maximum absolute atomic E-state index is 12.3. The van der Waals surface area contributed by atoms with Crippen LogP contribution in [0, 0.1) is 5.92 Å². The molecule has 0 aliphatic carbocycles. The molecule has 0 amide bonds. The number of nitrogens with one attached hydrogen (secondary N) is 2. The molecule has 1 aliphatic rings. The largest absolute Gasteiger partial charge is 0.490 e. The Kier molecular flexibility index (Phi) is 7.20. The summed E-state index contributed by atoms with van der Waals surface area (Å²) in [6.07, 6.45) is -1.83. The van der Waals surface area contributed by atoms with Gasteiger partial charge in [0.25, 0.3) is 0 Å². The number of benzene rings is 1. The number of nitrogens with zero attached hydrogens (tertiary/aromatic N) is 1. The van der Waals surface area contributed by atoms with E-state index in [0.29, 0.717) is 25.6 Å². The number of likely N-dealkylation sites (tertiary alicyclic amines) is 1. The highest BCUT2D eigenvalue weighted by molar-refractivity contribution is 5.85. The van der Waals surface area contributed by atoms with Gasteiger partial charge in [-0.25, -0.2) is 0 Å². The molecule has 1 aromatic heterocycles. The lowest BCUT2D eigenvalue weighted by atomic mass is 9.96. The zero-order valence-corrected chi connectivity index (χ0v) is 15.8. The first kappa shape index (κ1) is 21.0. The van der Waals surface area contributed by atoms with Gasteiger partial charge in [0, 0.05) is 30.2 Å². The van der Waals surface area contributed by atoms with Crippen LogP contribution in [0.4, 0.5) is 13.2 Å². The van der Waals surface area contributed by atoms with E-state index < -0.39 is 18.7 Å². The van der Waals surface area contributed by atoms with Crippen LogP contribution in [0.1, 0.15) is 19.3 Å². The van der Waals surface area contributed by atoms with Crippen molar-refractivity contribution in [1.29, 1.82) is 0 Å². The van der Waals surface area contributed by atoms with Crippen molar-refractivity contribution < 1.29 is 23.0 Å². The van der Waals surface area contributed by atoms with Gasteiger partial charge in [-0.1, -0.05) is 6.07 Å². The third-order valence-corrected chi connectivity index (χ3v) is 5.22. The van der Waals surface area contributed by atoms with Gasteiger partial charge in [0.1, 0.15) is 18.5 Å². The lowest BCUT2D eigenvalue weighted by molar-refractivity contribution is -0.138. The maximum atomic E-state index is 12.3. The second kappa shape index (κ2) is 9.62. The van der Waals surface area contributed by atoms with Crippen molar-refractivity contribution in [3.8, 4) is 5.75 Å². The molecule has 1 aliphatic heterocycles. The van der Waals surface area contributed by atoms with Gasteiger partial charge in [-0.3, -0.25) is 0 Å². The van der Waals surface area contributed by atoms with Crippen LogP contribution in [-0.2, 0) is 0 Å². The minimum atomic E-state index is -4.08. The van der Waals surface area contributed by atoms with Gasteiger partial charge in [-0.2, -0.15) is 13.2 Å². The van der Waals surface area contributed by atoms with Crippen molar-refractivity contribution in [3.05, 3.63) is 30.5 Å². The molecule has 28 heavy (non-hydrogen) atoms.